The van der Waals surface area contributed by atoms with E-state index < -0.39 is 23.8 Å². The minimum Gasteiger partial charge on any atom is -0.295 e. The minimum atomic E-state index is -0.898. The molecule has 0 saturated carbocycles. The second kappa shape index (κ2) is 4.01. The van der Waals surface area contributed by atoms with Crippen molar-refractivity contribution in [1.29, 1.82) is 0 Å². The van der Waals surface area contributed by atoms with Crippen LogP contribution in [0.5, 0.6) is 0 Å². The smallest absolute Gasteiger partial charge is 0.262 e. The fourth-order valence-electron chi connectivity index (χ4n) is 2.42. The molecule has 6 nitrogen and oxygen atoms in total. The number of carbonyl (C=O) groups is 4. The Morgan fingerprint density at radius 1 is 1.00 bits per heavy atom. The molecule has 19 heavy (non-hydrogen) atoms. The van der Waals surface area contributed by atoms with E-state index in [1.807, 2.05) is 0 Å². The summed E-state index contributed by atoms with van der Waals surface area (Å²) in [6.45, 7) is 0. The first-order valence-electron chi connectivity index (χ1n) is 5.90. The number of amides is 4. The van der Waals surface area contributed by atoms with E-state index in [2.05, 4.69) is 5.32 Å². The van der Waals surface area contributed by atoms with Crippen molar-refractivity contribution < 1.29 is 19.2 Å². The molecule has 1 unspecified atom stereocenters. The second-order valence-electron chi connectivity index (χ2n) is 4.49. The second-order valence-corrected chi connectivity index (χ2v) is 4.49. The standard InChI is InChI=1S/C13H10N2O4/c16-10-6-5-9(11(17)14-10)15-12(18)7-3-1-2-4-8(7)13(15)19/h1-4,9H,5-6H2,(H,14,16,17)/i9+1,11+1. The first-order chi connectivity index (χ1) is 9.09. The highest BCUT2D eigenvalue weighted by Gasteiger charge is 2.44. The summed E-state index contributed by atoms with van der Waals surface area (Å²) in [6.07, 6.45) is 0.306. The Labute approximate surface area is 108 Å². The van der Waals surface area contributed by atoms with Crippen molar-refractivity contribution in [2.24, 2.45) is 0 Å². The molecule has 96 valence electrons. The highest BCUT2D eigenvalue weighted by atomic mass is 16.2. The van der Waals surface area contributed by atoms with Crippen LogP contribution in [0.15, 0.2) is 24.3 Å². The Morgan fingerprint density at radius 3 is 2.11 bits per heavy atom. The third kappa shape index (κ3) is 1.64. The molecule has 2 aliphatic heterocycles. The molecule has 4 amide bonds. The zero-order valence-electron chi connectivity index (χ0n) is 9.88. The van der Waals surface area contributed by atoms with Gasteiger partial charge in [-0.1, -0.05) is 12.1 Å². The first kappa shape index (κ1) is 11.6. The van der Waals surface area contributed by atoms with Gasteiger partial charge in [0.1, 0.15) is 6.04 Å². The molecule has 0 aliphatic carbocycles. The van der Waals surface area contributed by atoms with Gasteiger partial charge in [-0.3, -0.25) is 29.4 Å². The van der Waals surface area contributed by atoms with Gasteiger partial charge in [0, 0.05) is 6.42 Å². The third-order valence-corrected chi connectivity index (χ3v) is 3.35. The van der Waals surface area contributed by atoms with E-state index >= 15 is 0 Å². The molecule has 1 N–H and O–H groups in total. The lowest BCUT2D eigenvalue weighted by Gasteiger charge is -2.27. The Hall–Kier alpha value is -2.50. The highest BCUT2D eigenvalue weighted by molar-refractivity contribution is 6.23. The summed E-state index contributed by atoms with van der Waals surface area (Å²) in [7, 11) is 0. The maximum Gasteiger partial charge on any atom is 0.262 e. The SMILES string of the molecule is O=C1CC[13CH](N2C(=O)c3ccccc3C2=O)[13C](=O)N1. The highest BCUT2D eigenvalue weighted by Crippen LogP contribution is 2.26. The maximum absolute atomic E-state index is 12.2. The summed E-state index contributed by atoms with van der Waals surface area (Å²) in [5.74, 6) is -1.92. The fraction of sp³-hybridized carbons (Fsp3) is 0.231. The number of hydrogen-bond donors (Lipinski definition) is 1. The van der Waals surface area contributed by atoms with Crippen molar-refractivity contribution in [3.05, 3.63) is 35.4 Å². The van der Waals surface area contributed by atoms with Gasteiger partial charge in [-0.05, 0) is 18.6 Å². The molecular formula is C13H10N2O4. The van der Waals surface area contributed by atoms with Gasteiger partial charge in [0.05, 0.1) is 11.1 Å². The van der Waals surface area contributed by atoms with E-state index in [9.17, 15) is 19.2 Å². The molecule has 0 spiro atoms. The lowest BCUT2D eigenvalue weighted by atomic mass is 10.1. The largest absolute Gasteiger partial charge is 0.295 e. The van der Waals surface area contributed by atoms with Crippen molar-refractivity contribution in [2.45, 2.75) is 18.9 Å². The van der Waals surface area contributed by atoms with Gasteiger partial charge >= 0.3 is 0 Å². The van der Waals surface area contributed by atoms with Gasteiger partial charge in [0.2, 0.25) is 11.8 Å². The van der Waals surface area contributed by atoms with Gasteiger partial charge in [-0.2, -0.15) is 0 Å². The number of hydrogen-bond acceptors (Lipinski definition) is 4. The average molecular weight is 260 g/mol. The number of benzene rings is 1. The van der Waals surface area contributed by atoms with Crippen LogP contribution in [0.4, 0.5) is 0 Å². The molecule has 6 heteroatoms. The van der Waals surface area contributed by atoms with Crippen molar-refractivity contribution in [2.75, 3.05) is 0 Å². The summed E-state index contributed by atoms with van der Waals surface area (Å²) in [5.41, 5.74) is 0.606. The molecule has 0 bridgehead atoms. The summed E-state index contributed by atoms with van der Waals surface area (Å²) < 4.78 is 0. The predicted octanol–water partition coefficient (Wildman–Crippen LogP) is 0.0878. The number of piperidine rings is 1. The summed E-state index contributed by atoms with van der Waals surface area (Å²) in [5, 5.41) is 2.15. The molecule has 0 radical (unpaired) electrons. The average Bonchev–Trinajstić information content (AvgIpc) is 2.64. The molecule has 2 heterocycles. The Balaban J connectivity index is 1.96. The quantitative estimate of drug-likeness (QED) is 0.573. The lowest BCUT2D eigenvalue weighted by Crippen LogP contribution is -2.54. The van der Waals surface area contributed by atoms with Crippen LogP contribution < -0.4 is 5.32 Å². The Bertz CT molecular complexity index is 588. The van der Waals surface area contributed by atoms with E-state index in [4.69, 9.17) is 0 Å². The normalized spacial score (nSPS) is 22.5. The van der Waals surface area contributed by atoms with Gasteiger partial charge in [-0.25, -0.2) is 0 Å². The van der Waals surface area contributed by atoms with Gasteiger partial charge in [-0.15, -0.1) is 0 Å². The summed E-state index contributed by atoms with van der Waals surface area (Å²) >= 11 is 0. The molecule has 2 aliphatic rings. The number of imide groups is 2. The van der Waals surface area contributed by atoms with Crippen molar-refractivity contribution in [3.8, 4) is 0 Å². The lowest BCUT2D eigenvalue weighted by molar-refractivity contribution is -0.136. The van der Waals surface area contributed by atoms with E-state index in [0.29, 0.717) is 11.1 Å². The van der Waals surface area contributed by atoms with E-state index in [1.54, 1.807) is 24.3 Å². The third-order valence-electron chi connectivity index (χ3n) is 3.35. The number of nitrogens with zero attached hydrogens (tertiary/aromatic N) is 1. The van der Waals surface area contributed by atoms with Gasteiger partial charge < -0.3 is 0 Å². The summed E-state index contributed by atoms with van der Waals surface area (Å²) in [6, 6.07) is 5.55. The van der Waals surface area contributed by atoms with Crippen LogP contribution in [-0.4, -0.2) is 34.6 Å². The number of nitrogens with one attached hydrogen (secondary N) is 1. The van der Waals surface area contributed by atoms with Crippen LogP contribution >= 0.6 is 0 Å². The fourth-order valence-corrected chi connectivity index (χ4v) is 2.42. The van der Waals surface area contributed by atoms with Crippen molar-refractivity contribution in [3.63, 3.8) is 0 Å². The number of fused-ring (bicyclic) bond motifs is 1. The molecule has 0 aromatic heterocycles. The monoisotopic (exact) mass is 260 g/mol. The molecule has 1 atom stereocenters. The molecule has 1 fully saturated rings. The van der Waals surface area contributed by atoms with Crippen LogP contribution in [0.25, 0.3) is 0 Å². The number of carbonyl (C=O) groups excluding carboxylic acids is 4. The van der Waals surface area contributed by atoms with E-state index in [0.717, 1.165) is 4.90 Å². The topological polar surface area (TPSA) is 83.6 Å². The minimum absolute atomic E-state index is 0.129. The van der Waals surface area contributed by atoms with Crippen molar-refractivity contribution >= 4 is 23.6 Å². The van der Waals surface area contributed by atoms with E-state index in [-0.39, 0.29) is 18.7 Å². The van der Waals surface area contributed by atoms with Crippen LogP contribution in [0, 0.1) is 0 Å². The van der Waals surface area contributed by atoms with Crippen LogP contribution in [0.2, 0.25) is 0 Å². The summed E-state index contributed by atoms with van der Waals surface area (Å²) in [4.78, 5) is 48.1. The van der Waals surface area contributed by atoms with Gasteiger partial charge in [0.15, 0.2) is 0 Å². The molecule has 1 saturated heterocycles. The zero-order chi connectivity index (χ0) is 13.6. The zero-order valence-corrected chi connectivity index (χ0v) is 9.88. The Kier molecular flexibility index (Phi) is 2.45. The predicted molar refractivity (Wildman–Crippen MR) is 63.1 cm³/mol. The maximum atomic E-state index is 12.2. The van der Waals surface area contributed by atoms with Crippen LogP contribution in [-0.2, 0) is 9.59 Å². The molecule has 1 aromatic carbocycles. The van der Waals surface area contributed by atoms with Gasteiger partial charge in [0.25, 0.3) is 11.8 Å². The Morgan fingerprint density at radius 2 is 1.58 bits per heavy atom. The molecule has 3 rings (SSSR count). The first-order valence-corrected chi connectivity index (χ1v) is 5.90. The molecular weight excluding hydrogens is 250 g/mol. The molecule has 1 aromatic rings. The van der Waals surface area contributed by atoms with Crippen LogP contribution in [0.1, 0.15) is 33.6 Å². The van der Waals surface area contributed by atoms with Crippen LogP contribution in [0.3, 0.4) is 0 Å². The van der Waals surface area contributed by atoms with E-state index in [1.165, 1.54) is 0 Å². The number of rotatable bonds is 1. The van der Waals surface area contributed by atoms with Crippen molar-refractivity contribution in [1.82, 2.24) is 10.2 Å².